The van der Waals surface area contributed by atoms with E-state index in [0.29, 0.717) is 16.7 Å². The summed E-state index contributed by atoms with van der Waals surface area (Å²) in [4.78, 5) is 16.4. The highest BCUT2D eigenvalue weighted by atomic mass is 35.5. The lowest BCUT2D eigenvalue weighted by atomic mass is 9.83. The Hall–Kier alpha value is -1.88. The van der Waals surface area contributed by atoms with Crippen molar-refractivity contribution in [3.63, 3.8) is 0 Å². The van der Waals surface area contributed by atoms with Crippen molar-refractivity contribution < 1.29 is 9.32 Å². The van der Waals surface area contributed by atoms with E-state index in [0.717, 1.165) is 5.56 Å². The largest absolute Gasteiger partial charge is 0.346 e. The Labute approximate surface area is 122 Å². The first-order valence-corrected chi connectivity index (χ1v) is 6.61. The van der Waals surface area contributed by atoms with E-state index in [1.54, 1.807) is 13.0 Å². The van der Waals surface area contributed by atoms with Crippen LogP contribution in [0, 0.1) is 6.92 Å². The van der Waals surface area contributed by atoms with Gasteiger partial charge in [-0.25, -0.2) is 0 Å². The van der Waals surface area contributed by atoms with Crippen LogP contribution in [0.15, 0.2) is 28.8 Å². The van der Waals surface area contributed by atoms with E-state index in [1.165, 1.54) is 0 Å². The molecular weight excluding hydrogens is 278 g/mol. The maximum Gasteiger partial charge on any atom is 0.246 e. The van der Waals surface area contributed by atoms with Crippen LogP contribution in [0.4, 0.5) is 0 Å². The number of amides is 1. The molecule has 20 heavy (non-hydrogen) atoms. The number of carbonyl (C=O) groups is 1. The summed E-state index contributed by atoms with van der Waals surface area (Å²) in [7, 11) is 0. The van der Waals surface area contributed by atoms with Crippen molar-refractivity contribution in [2.45, 2.75) is 32.7 Å². The standard InChI is InChI=1S/C14H16ClN3O2/c1-9-17-12(20-18-9)8-16-13(19)14(2,3)10-6-4-5-7-11(10)15/h4-7H,8H2,1-3H3,(H,16,19). The van der Waals surface area contributed by atoms with Crippen LogP contribution in [0.1, 0.15) is 31.1 Å². The van der Waals surface area contributed by atoms with Gasteiger partial charge in [0.05, 0.1) is 12.0 Å². The molecule has 0 aliphatic heterocycles. The van der Waals surface area contributed by atoms with Gasteiger partial charge >= 0.3 is 0 Å². The van der Waals surface area contributed by atoms with Gasteiger partial charge in [-0.15, -0.1) is 0 Å². The van der Waals surface area contributed by atoms with Crippen LogP contribution in [0.25, 0.3) is 0 Å². The van der Waals surface area contributed by atoms with Crippen molar-refractivity contribution in [2.75, 3.05) is 0 Å². The molecule has 0 bridgehead atoms. The minimum absolute atomic E-state index is 0.151. The van der Waals surface area contributed by atoms with E-state index in [9.17, 15) is 4.79 Å². The second kappa shape index (κ2) is 5.63. The molecule has 1 aromatic carbocycles. The second-order valence-electron chi connectivity index (χ2n) is 5.02. The van der Waals surface area contributed by atoms with Crippen LogP contribution in [0.5, 0.6) is 0 Å². The first kappa shape index (κ1) is 14.5. The summed E-state index contributed by atoms with van der Waals surface area (Å²) < 4.78 is 4.95. The molecule has 106 valence electrons. The Morgan fingerprint density at radius 3 is 2.70 bits per heavy atom. The van der Waals surface area contributed by atoms with Gasteiger partial charge in [-0.2, -0.15) is 4.98 Å². The van der Waals surface area contributed by atoms with Crippen LogP contribution in [0.2, 0.25) is 5.02 Å². The summed E-state index contributed by atoms with van der Waals surface area (Å²) in [5, 5.41) is 7.03. The Morgan fingerprint density at radius 1 is 1.40 bits per heavy atom. The third-order valence-electron chi connectivity index (χ3n) is 3.08. The summed E-state index contributed by atoms with van der Waals surface area (Å²) in [6.45, 7) is 5.57. The SMILES string of the molecule is Cc1noc(CNC(=O)C(C)(C)c2ccccc2Cl)n1. The molecule has 1 heterocycles. The predicted molar refractivity (Wildman–Crippen MR) is 75.4 cm³/mol. The van der Waals surface area contributed by atoms with Crippen molar-refractivity contribution in [1.82, 2.24) is 15.5 Å². The number of halogens is 1. The molecule has 0 unspecified atom stereocenters. The highest BCUT2D eigenvalue weighted by Gasteiger charge is 2.31. The van der Waals surface area contributed by atoms with Crippen LogP contribution in [0.3, 0.4) is 0 Å². The van der Waals surface area contributed by atoms with Crippen molar-refractivity contribution in [2.24, 2.45) is 0 Å². The molecule has 1 N–H and O–H groups in total. The fourth-order valence-corrected chi connectivity index (χ4v) is 2.25. The molecule has 5 nitrogen and oxygen atoms in total. The number of aromatic nitrogens is 2. The third kappa shape index (κ3) is 2.99. The molecule has 6 heteroatoms. The normalized spacial score (nSPS) is 11.4. The maximum absolute atomic E-state index is 12.3. The summed E-state index contributed by atoms with van der Waals surface area (Å²) in [6, 6.07) is 7.31. The Morgan fingerprint density at radius 2 is 2.10 bits per heavy atom. The van der Waals surface area contributed by atoms with Gasteiger partial charge in [0, 0.05) is 5.02 Å². The summed E-state index contributed by atoms with van der Waals surface area (Å²) in [5.74, 6) is 0.770. The lowest BCUT2D eigenvalue weighted by Crippen LogP contribution is -2.40. The van der Waals surface area contributed by atoms with Gasteiger partial charge in [0.2, 0.25) is 11.8 Å². The minimum atomic E-state index is -0.743. The van der Waals surface area contributed by atoms with Crippen LogP contribution >= 0.6 is 11.6 Å². The smallest absolute Gasteiger partial charge is 0.246 e. The molecular formula is C14H16ClN3O2. The molecule has 0 spiro atoms. The zero-order valence-corrected chi connectivity index (χ0v) is 12.4. The van der Waals surface area contributed by atoms with Crippen molar-refractivity contribution in [1.29, 1.82) is 0 Å². The molecule has 2 aromatic rings. The van der Waals surface area contributed by atoms with Gasteiger partial charge in [0.15, 0.2) is 5.82 Å². The first-order valence-electron chi connectivity index (χ1n) is 6.24. The number of hydrogen-bond acceptors (Lipinski definition) is 4. The molecule has 0 fully saturated rings. The Kier molecular flexibility index (Phi) is 4.09. The number of hydrogen-bond donors (Lipinski definition) is 1. The van der Waals surface area contributed by atoms with Crippen LogP contribution in [-0.2, 0) is 16.8 Å². The molecule has 0 saturated carbocycles. The summed E-state index contributed by atoms with van der Waals surface area (Å²) in [6.07, 6.45) is 0. The number of rotatable bonds is 4. The Bertz CT molecular complexity index is 622. The van der Waals surface area contributed by atoms with Gasteiger partial charge in [-0.3, -0.25) is 4.79 Å². The predicted octanol–water partition coefficient (Wildman–Crippen LogP) is 2.63. The number of nitrogens with zero attached hydrogens (tertiary/aromatic N) is 2. The van der Waals surface area contributed by atoms with Crippen LogP contribution in [-0.4, -0.2) is 16.0 Å². The van der Waals surface area contributed by atoms with Gasteiger partial charge in [-0.05, 0) is 32.4 Å². The molecule has 0 radical (unpaired) electrons. The highest BCUT2D eigenvalue weighted by molar-refractivity contribution is 6.31. The number of nitrogens with one attached hydrogen (secondary N) is 1. The Balaban J connectivity index is 2.09. The van der Waals surface area contributed by atoms with Crippen molar-refractivity contribution in [3.05, 3.63) is 46.6 Å². The molecule has 2 rings (SSSR count). The molecule has 0 aliphatic rings. The van der Waals surface area contributed by atoms with E-state index in [1.807, 2.05) is 32.0 Å². The van der Waals surface area contributed by atoms with E-state index >= 15 is 0 Å². The van der Waals surface area contributed by atoms with Gasteiger partial charge in [-0.1, -0.05) is 35.0 Å². The van der Waals surface area contributed by atoms with E-state index < -0.39 is 5.41 Å². The number of carbonyl (C=O) groups excluding carboxylic acids is 1. The first-order chi connectivity index (χ1) is 9.41. The second-order valence-corrected chi connectivity index (χ2v) is 5.43. The summed E-state index contributed by atoms with van der Waals surface area (Å²) >= 11 is 6.15. The quantitative estimate of drug-likeness (QED) is 0.941. The number of benzene rings is 1. The average molecular weight is 294 g/mol. The fourth-order valence-electron chi connectivity index (χ4n) is 1.88. The zero-order valence-electron chi connectivity index (χ0n) is 11.6. The topological polar surface area (TPSA) is 68.0 Å². The van der Waals surface area contributed by atoms with Crippen molar-refractivity contribution >= 4 is 17.5 Å². The van der Waals surface area contributed by atoms with Gasteiger partial charge in [0.25, 0.3) is 0 Å². The number of aryl methyl sites for hydroxylation is 1. The van der Waals surface area contributed by atoms with Gasteiger partial charge in [0.1, 0.15) is 0 Å². The van der Waals surface area contributed by atoms with Crippen molar-refractivity contribution in [3.8, 4) is 0 Å². The molecule has 0 atom stereocenters. The highest BCUT2D eigenvalue weighted by Crippen LogP contribution is 2.29. The van der Waals surface area contributed by atoms with Gasteiger partial charge < -0.3 is 9.84 Å². The third-order valence-corrected chi connectivity index (χ3v) is 3.41. The molecule has 0 aliphatic carbocycles. The lowest BCUT2D eigenvalue weighted by Gasteiger charge is -2.24. The zero-order chi connectivity index (χ0) is 14.8. The minimum Gasteiger partial charge on any atom is -0.346 e. The van der Waals surface area contributed by atoms with Crippen LogP contribution < -0.4 is 5.32 Å². The monoisotopic (exact) mass is 293 g/mol. The molecule has 1 amide bonds. The average Bonchev–Trinajstić information content (AvgIpc) is 2.82. The van der Waals surface area contributed by atoms with E-state index in [4.69, 9.17) is 16.1 Å². The maximum atomic E-state index is 12.3. The summed E-state index contributed by atoms with van der Waals surface area (Å²) in [5.41, 5.74) is 0.0359. The van der Waals surface area contributed by atoms with E-state index in [-0.39, 0.29) is 12.5 Å². The lowest BCUT2D eigenvalue weighted by molar-refractivity contribution is -0.125. The fraction of sp³-hybridized carbons (Fsp3) is 0.357. The molecule has 1 aromatic heterocycles. The molecule has 0 saturated heterocycles. The van der Waals surface area contributed by atoms with E-state index in [2.05, 4.69) is 15.5 Å².